The van der Waals surface area contributed by atoms with Gasteiger partial charge in [0.25, 0.3) is 0 Å². The van der Waals surface area contributed by atoms with Gasteiger partial charge >= 0.3 is 0 Å². The lowest BCUT2D eigenvalue weighted by atomic mass is 9.94. The molecule has 0 heterocycles. The lowest BCUT2D eigenvalue weighted by Gasteiger charge is -2.17. The molecule has 3 heteroatoms. The van der Waals surface area contributed by atoms with Crippen molar-refractivity contribution >= 4 is 0 Å². The molecule has 2 N–H and O–H groups in total. The molecule has 0 spiro atoms. The summed E-state index contributed by atoms with van der Waals surface area (Å²) >= 11 is 0. The molecule has 0 radical (unpaired) electrons. The van der Waals surface area contributed by atoms with E-state index in [2.05, 4.69) is 0 Å². The summed E-state index contributed by atoms with van der Waals surface area (Å²) in [5, 5.41) is 0. The molecule has 2 nitrogen and oxygen atoms in total. The molecule has 2 aromatic carbocycles. The fraction of sp³-hybridized carbons (Fsp3) is 0.250. The first-order valence-electron chi connectivity index (χ1n) is 6.19. The third-order valence-corrected chi connectivity index (χ3v) is 3.37. The Kier molecular flexibility index (Phi) is 3.86. The Labute approximate surface area is 113 Å². The van der Waals surface area contributed by atoms with E-state index >= 15 is 0 Å². The van der Waals surface area contributed by atoms with E-state index in [9.17, 15) is 4.39 Å². The molecule has 0 saturated heterocycles. The molecule has 0 saturated carbocycles. The third kappa shape index (κ3) is 2.61. The van der Waals surface area contributed by atoms with Gasteiger partial charge in [0.05, 0.1) is 13.2 Å². The van der Waals surface area contributed by atoms with Gasteiger partial charge in [0.1, 0.15) is 11.6 Å². The van der Waals surface area contributed by atoms with Crippen LogP contribution in [0.15, 0.2) is 36.4 Å². The molecular weight excluding hydrogens is 241 g/mol. The molecule has 0 fully saturated rings. The largest absolute Gasteiger partial charge is 0.497 e. The summed E-state index contributed by atoms with van der Waals surface area (Å²) in [5.74, 6) is 0.545. The zero-order valence-electron chi connectivity index (χ0n) is 11.4. The van der Waals surface area contributed by atoms with Gasteiger partial charge in [-0.05, 0) is 42.7 Å². The van der Waals surface area contributed by atoms with Gasteiger partial charge in [0.2, 0.25) is 0 Å². The van der Waals surface area contributed by atoms with Crippen LogP contribution in [0.4, 0.5) is 4.39 Å². The van der Waals surface area contributed by atoms with Gasteiger partial charge in [-0.2, -0.15) is 0 Å². The summed E-state index contributed by atoms with van der Waals surface area (Å²) in [6.07, 6.45) is 0. The molecule has 2 rings (SSSR count). The van der Waals surface area contributed by atoms with Crippen LogP contribution in [0.2, 0.25) is 0 Å². The maximum Gasteiger partial charge on any atom is 0.131 e. The van der Waals surface area contributed by atoms with E-state index in [1.807, 2.05) is 31.2 Å². The fourth-order valence-electron chi connectivity index (χ4n) is 2.20. The van der Waals surface area contributed by atoms with Crippen LogP contribution in [-0.4, -0.2) is 7.11 Å². The average molecular weight is 259 g/mol. The highest BCUT2D eigenvalue weighted by atomic mass is 19.1. The Balaban J connectivity index is 2.44. The number of ether oxygens (including phenoxy) is 1. The van der Waals surface area contributed by atoms with Crippen LogP contribution in [0.5, 0.6) is 5.75 Å². The van der Waals surface area contributed by atoms with E-state index in [0.29, 0.717) is 11.1 Å². The predicted molar refractivity (Wildman–Crippen MR) is 74.9 cm³/mol. The third-order valence-electron chi connectivity index (χ3n) is 3.37. The molecule has 2 aromatic rings. The molecule has 0 aromatic heterocycles. The number of nitrogens with two attached hydrogens (primary N) is 1. The summed E-state index contributed by atoms with van der Waals surface area (Å²) < 4.78 is 19.3. The van der Waals surface area contributed by atoms with Gasteiger partial charge in [-0.3, -0.25) is 0 Å². The van der Waals surface area contributed by atoms with Gasteiger partial charge in [-0.15, -0.1) is 0 Å². The summed E-state index contributed by atoms with van der Waals surface area (Å²) in [6.45, 7) is 3.69. The first-order valence-corrected chi connectivity index (χ1v) is 6.19. The molecule has 100 valence electrons. The van der Waals surface area contributed by atoms with Crippen molar-refractivity contribution in [1.82, 2.24) is 0 Å². The van der Waals surface area contributed by atoms with Crippen LogP contribution in [0.3, 0.4) is 0 Å². The van der Waals surface area contributed by atoms with Crippen molar-refractivity contribution in [2.24, 2.45) is 5.73 Å². The second-order valence-electron chi connectivity index (χ2n) is 4.68. The summed E-state index contributed by atoms with van der Waals surface area (Å²) in [6, 6.07) is 10.5. The number of hydrogen-bond donors (Lipinski definition) is 1. The van der Waals surface area contributed by atoms with Gasteiger partial charge in [0.15, 0.2) is 0 Å². The highest BCUT2D eigenvalue weighted by molar-refractivity contribution is 5.42. The highest BCUT2D eigenvalue weighted by Gasteiger charge is 2.16. The van der Waals surface area contributed by atoms with E-state index in [-0.39, 0.29) is 5.82 Å². The van der Waals surface area contributed by atoms with Crippen LogP contribution >= 0.6 is 0 Å². The maximum atomic E-state index is 14.1. The topological polar surface area (TPSA) is 35.2 Å². The Morgan fingerprint density at radius 1 is 1.05 bits per heavy atom. The predicted octanol–water partition coefficient (Wildman–Crippen LogP) is 3.50. The lowest BCUT2D eigenvalue weighted by molar-refractivity contribution is 0.414. The van der Waals surface area contributed by atoms with Crippen LogP contribution in [0.1, 0.15) is 28.3 Å². The quantitative estimate of drug-likeness (QED) is 0.915. The Morgan fingerprint density at radius 3 is 2.42 bits per heavy atom. The molecule has 0 aliphatic rings. The van der Waals surface area contributed by atoms with Gasteiger partial charge in [0, 0.05) is 5.56 Å². The van der Waals surface area contributed by atoms with Crippen molar-refractivity contribution in [3.63, 3.8) is 0 Å². The SMILES string of the molecule is COc1ccc(C(N)c2cccc(C)c2F)c(C)c1. The Hall–Kier alpha value is -1.87. The van der Waals surface area contributed by atoms with E-state index in [1.54, 1.807) is 26.2 Å². The summed E-state index contributed by atoms with van der Waals surface area (Å²) in [4.78, 5) is 0. The minimum absolute atomic E-state index is 0.231. The number of halogens is 1. The average Bonchev–Trinajstić information content (AvgIpc) is 2.41. The van der Waals surface area contributed by atoms with Gasteiger partial charge in [-0.25, -0.2) is 4.39 Å². The number of methoxy groups -OCH3 is 1. The van der Waals surface area contributed by atoms with Crippen LogP contribution in [-0.2, 0) is 0 Å². The normalized spacial score (nSPS) is 12.3. The van der Waals surface area contributed by atoms with Gasteiger partial charge < -0.3 is 10.5 Å². The molecule has 1 unspecified atom stereocenters. The smallest absolute Gasteiger partial charge is 0.131 e. The molecule has 1 atom stereocenters. The molecule has 0 bridgehead atoms. The van der Waals surface area contributed by atoms with Gasteiger partial charge in [-0.1, -0.05) is 24.3 Å². The molecule has 0 aliphatic carbocycles. The number of aryl methyl sites for hydroxylation is 2. The van der Waals surface area contributed by atoms with Crippen LogP contribution < -0.4 is 10.5 Å². The van der Waals surface area contributed by atoms with Crippen LogP contribution in [0.25, 0.3) is 0 Å². The van der Waals surface area contributed by atoms with Crippen molar-refractivity contribution < 1.29 is 9.13 Å². The molecule has 19 heavy (non-hydrogen) atoms. The summed E-state index contributed by atoms with van der Waals surface area (Å²) in [5.41, 5.74) is 9.23. The lowest BCUT2D eigenvalue weighted by Crippen LogP contribution is -2.15. The minimum Gasteiger partial charge on any atom is -0.497 e. The monoisotopic (exact) mass is 259 g/mol. The second-order valence-corrected chi connectivity index (χ2v) is 4.68. The highest BCUT2D eigenvalue weighted by Crippen LogP contribution is 2.28. The Morgan fingerprint density at radius 2 is 1.79 bits per heavy atom. The standard InChI is InChI=1S/C16H18FNO/c1-10-5-4-6-14(15(10)17)16(18)13-8-7-12(19-3)9-11(13)2/h4-9,16H,18H2,1-3H3. The zero-order valence-corrected chi connectivity index (χ0v) is 11.4. The van der Waals surface area contributed by atoms with E-state index in [1.165, 1.54) is 0 Å². The van der Waals surface area contributed by atoms with Crippen LogP contribution in [0, 0.1) is 19.7 Å². The number of benzene rings is 2. The van der Waals surface area contributed by atoms with E-state index < -0.39 is 6.04 Å². The van der Waals surface area contributed by atoms with E-state index in [4.69, 9.17) is 10.5 Å². The molecular formula is C16H18FNO. The minimum atomic E-state index is -0.467. The summed E-state index contributed by atoms with van der Waals surface area (Å²) in [7, 11) is 1.62. The Bertz CT molecular complexity index is 595. The van der Waals surface area contributed by atoms with Crippen molar-refractivity contribution in [3.8, 4) is 5.75 Å². The maximum absolute atomic E-state index is 14.1. The van der Waals surface area contributed by atoms with Crippen molar-refractivity contribution in [2.45, 2.75) is 19.9 Å². The molecule has 0 amide bonds. The van der Waals surface area contributed by atoms with Crippen molar-refractivity contribution in [1.29, 1.82) is 0 Å². The fourth-order valence-corrected chi connectivity index (χ4v) is 2.20. The number of hydrogen-bond acceptors (Lipinski definition) is 2. The van der Waals surface area contributed by atoms with E-state index in [0.717, 1.165) is 16.9 Å². The number of rotatable bonds is 3. The zero-order chi connectivity index (χ0) is 14.0. The second kappa shape index (κ2) is 5.41. The molecule has 0 aliphatic heterocycles. The first-order chi connectivity index (χ1) is 9.04. The van der Waals surface area contributed by atoms with Crippen molar-refractivity contribution in [2.75, 3.05) is 7.11 Å². The van der Waals surface area contributed by atoms with Crippen molar-refractivity contribution in [3.05, 3.63) is 64.5 Å². The first kappa shape index (κ1) is 13.6.